The molecular formula is C14H19NO3S2. The van der Waals surface area contributed by atoms with Crippen LogP contribution in [0.3, 0.4) is 0 Å². The van der Waals surface area contributed by atoms with Gasteiger partial charge in [0, 0.05) is 17.3 Å². The Labute approximate surface area is 123 Å². The number of carbonyl (C=O) groups excluding carboxylic acids is 1. The number of thiophene rings is 1. The van der Waals surface area contributed by atoms with Crippen LogP contribution in [0, 0.1) is 5.92 Å². The number of hydrogen-bond donors (Lipinski definition) is 0. The van der Waals surface area contributed by atoms with E-state index >= 15 is 0 Å². The van der Waals surface area contributed by atoms with Gasteiger partial charge in [0.15, 0.2) is 9.84 Å². The minimum atomic E-state index is -2.89. The summed E-state index contributed by atoms with van der Waals surface area (Å²) in [4.78, 5) is 15.6. The van der Waals surface area contributed by atoms with Crippen LogP contribution in [-0.2, 0) is 21.2 Å². The van der Waals surface area contributed by atoms with E-state index in [-0.39, 0.29) is 23.3 Å². The quantitative estimate of drug-likeness (QED) is 0.836. The maximum atomic E-state index is 12.5. The maximum Gasteiger partial charge on any atom is 0.223 e. The van der Waals surface area contributed by atoms with Gasteiger partial charge in [0.25, 0.3) is 0 Å². The summed E-state index contributed by atoms with van der Waals surface area (Å²) >= 11 is 1.67. The number of nitrogens with zero attached hydrogens (tertiary/aromatic N) is 1. The number of sulfone groups is 1. The summed E-state index contributed by atoms with van der Waals surface area (Å²) in [5.41, 5.74) is 0. The van der Waals surface area contributed by atoms with Crippen molar-refractivity contribution in [3.8, 4) is 0 Å². The molecule has 1 aromatic heterocycles. The first-order chi connectivity index (χ1) is 9.53. The maximum absolute atomic E-state index is 12.5. The van der Waals surface area contributed by atoms with E-state index in [0.717, 1.165) is 12.8 Å². The van der Waals surface area contributed by atoms with E-state index < -0.39 is 9.84 Å². The Morgan fingerprint density at radius 2 is 2.15 bits per heavy atom. The van der Waals surface area contributed by atoms with Crippen molar-refractivity contribution in [2.75, 3.05) is 11.5 Å². The van der Waals surface area contributed by atoms with Crippen LogP contribution >= 0.6 is 11.3 Å². The number of hydrogen-bond acceptors (Lipinski definition) is 4. The Bertz CT molecular complexity index is 576. The van der Waals surface area contributed by atoms with Crippen molar-refractivity contribution < 1.29 is 13.2 Å². The fraction of sp³-hybridized carbons (Fsp3) is 0.643. The smallest absolute Gasteiger partial charge is 0.223 e. The third-order valence-electron chi connectivity index (χ3n) is 4.00. The Morgan fingerprint density at radius 3 is 2.70 bits per heavy atom. The molecule has 1 saturated heterocycles. The summed E-state index contributed by atoms with van der Waals surface area (Å²) in [6, 6.07) is 4.43. The van der Waals surface area contributed by atoms with E-state index in [2.05, 4.69) is 0 Å². The second-order valence-electron chi connectivity index (χ2n) is 5.81. The molecule has 3 rings (SSSR count). The monoisotopic (exact) mass is 313 g/mol. The molecule has 0 spiro atoms. The van der Waals surface area contributed by atoms with Gasteiger partial charge in [0.2, 0.25) is 5.91 Å². The fourth-order valence-corrected chi connectivity index (χ4v) is 5.34. The normalized spacial score (nSPS) is 24.7. The first-order valence-electron chi connectivity index (χ1n) is 7.06. The zero-order chi connectivity index (χ0) is 14.2. The molecule has 1 unspecified atom stereocenters. The molecular weight excluding hydrogens is 294 g/mol. The molecule has 1 aliphatic heterocycles. The Hall–Kier alpha value is -0.880. The Morgan fingerprint density at radius 1 is 1.35 bits per heavy atom. The second kappa shape index (κ2) is 5.48. The second-order valence-corrected chi connectivity index (χ2v) is 9.07. The average Bonchev–Trinajstić information content (AvgIpc) is 2.98. The van der Waals surface area contributed by atoms with Crippen LogP contribution in [0.5, 0.6) is 0 Å². The summed E-state index contributed by atoms with van der Waals surface area (Å²) in [6.45, 7) is 0.681. The third kappa shape index (κ3) is 3.41. The number of amides is 1. The van der Waals surface area contributed by atoms with E-state index in [1.165, 1.54) is 4.88 Å². The minimum Gasteiger partial charge on any atom is -0.335 e. The summed E-state index contributed by atoms with van der Waals surface area (Å²) in [7, 11) is -2.89. The Kier molecular flexibility index (Phi) is 3.86. The van der Waals surface area contributed by atoms with Gasteiger partial charge in [0.1, 0.15) is 0 Å². The number of rotatable bonds is 5. The minimum absolute atomic E-state index is 0.0251. The lowest BCUT2D eigenvalue weighted by molar-refractivity contribution is -0.133. The van der Waals surface area contributed by atoms with Crippen LogP contribution in [0.1, 0.15) is 30.6 Å². The predicted molar refractivity (Wildman–Crippen MR) is 79.3 cm³/mol. The van der Waals surface area contributed by atoms with Crippen molar-refractivity contribution in [1.29, 1.82) is 0 Å². The van der Waals surface area contributed by atoms with Crippen molar-refractivity contribution in [2.45, 2.75) is 38.3 Å². The lowest BCUT2D eigenvalue weighted by Crippen LogP contribution is -2.33. The average molecular weight is 313 g/mol. The van der Waals surface area contributed by atoms with Gasteiger partial charge in [-0.25, -0.2) is 8.42 Å². The molecule has 2 heterocycles. The molecule has 110 valence electrons. The van der Waals surface area contributed by atoms with E-state index in [4.69, 9.17) is 0 Å². The summed E-state index contributed by atoms with van der Waals surface area (Å²) in [5.74, 6) is 0.593. The topological polar surface area (TPSA) is 54.5 Å². The van der Waals surface area contributed by atoms with Gasteiger partial charge in [-0.1, -0.05) is 6.07 Å². The zero-order valence-corrected chi connectivity index (χ0v) is 13.0. The van der Waals surface area contributed by atoms with Crippen molar-refractivity contribution in [3.05, 3.63) is 22.4 Å². The van der Waals surface area contributed by atoms with Gasteiger partial charge in [0.05, 0.1) is 18.1 Å². The van der Waals surface area contributed by atoms with Crippen LogP contribution in [0.4, 0.5) is 0 Å². The molecule has 0 radical (unpaired) electrons. The zero-order valence-electron chi connectivity index (χ0n) is 11.3. The fourth-order valence-electron chi connectivity index (χ4n) is 2.77. The SMILES string of the molecule is O=C(CC1CCS(=O)(=O)C1)N(Cc1cccs1)C1CC1. The molecule has 1 amide bonds. The molecule has 1 saturated carbocycles. The molecule has 0 aromatic carbocycles. The highest BCUT2D eigenvalue weighted by molar-refractivity contribution is 7.91. The van der Waals surface area contributed by atoms with Gasteiger partial charge >= 0.3 is 0 Å². The van der Waals surface area contributed by atoms with Crippen molar-refractivity contribution in [1.82, 2.24) is 4.90 Å². The molecule has 1 aromatic rings. The van der Waals surface area contributed by atoms with Gasteiger partial charge in [-0.15, -0.1) is 11.3 Å². The Balaban J connectivity index is 1.61. The first-order valence-corrected chi connectivity index (χ1v) is 9.76. The van der Waals surface area contributed by atoms with Gasteiger partial charge in [-0.3, -0.25) is 4.79 Å². The van der Waals surface area contributed by atoms with Gasteiger partial charge in [-0.2, -0.15) is 0 Å². The number of carbonyl (C=O) groups is 1. The summed E-state index contributed by atoms with van der Waals surface area (Å²) in [6.07, 6.45) is 3.20. The molecule has 2 fully saturated rings. The molecule has 0 N–H and O–H groups in total. The standard InChI is InChI=1S/C14H19NO3S2/c16-14(8-11-5-7-20(17,18)10-11)15(12-3-4-12)9-13-2-1-6-19-13/h1-2,6,11-12H,3-5,7-10H2. The highest BCUT2D eigenvalue weighted by Gasteiger charge is 2.36. The van der Waals surface area contributed by atoms with E-state index in [9.17, 15) is 13.2 Å². The lowest BCUT2D eigenvalue weighted by Gasteiger charge is -2.23. The highest BCUT2D eigenvalue weighted by atomic mass is 32.2. The molecule has 1 atom stereocenters. The van der Waals surface area contributed by atoms with Crippen molar-refractivity contribution in [2.24, 2.45) is 5.92 Å². The van der Waals surface area contributed by atoms with Crippen molar-refractivity contribution in [3.63, 3.8) is 0 Å². The largest absolute Gasteiger partial charge is 0.335 e. The molecule has 2 aliphatic rings. The molecule has 6 heteroatoms. The first kappa shape index (κ1) is 14.1. The lowest BCUT2D eigenvalue weighted by atomic mass is 10.0. The summed E-state index contributed by atoms with van der Waals surface area (Å²) in [5, 5.41) is 2.02. The molecule has 4 nitrogen and oxygen atoms in total. The van der Waals surface area contributed by atoms with E-state index in [0.29, 0.717) is 25.4 Å². The van der Waals surface area contributed by atoms with Crippen LogP contribution < -0.4 is 0 Å². The van der Waals surface area contributed by atoms with Crippen LogP contribution in [0.15, 0.2) is 17.5 Å². The van der Waals surface area contributed by atoms with E-state index in [1.54, 1.807) is 11.3 Å². The molecule has 20 heavy (non-hydrogen) atoms. The predicted octanol–water partition coefficient (Wildman–Crippen LogP) is 2.06. The van der Waals surface area contributed by atoms with Gasteiger partial charge < -0.3 is 4.90 Å². The van der Waals surface area contributed by atoms with Crippen molar-refractivity contribution >= 4 is 27.1 Å². The highest BCUT2D eigenvalue weighted by Crippen LogP contribution is 2.31. The van der Waals surface area contributed by atoms with E-state index in [1.807, 2.05) is 22.4 Å². The van der Waals surface area contributed by atoms with Crippen LogP contribution in [0.25, 0.3) is 0 Å². The summed E-state index contributed by atoms with van der Waals surface area (Å²) < 4.78 is 22.9. The van der Waals surface area contributed by atoms with Crippen LogP contribution in [-0.4, -0.2) is 36.8 Å². The van der Waals surface area contributed by atoms with Crippen LogP contribution in [0.2, 0.25) is 0 Å². The third-order valence-corrected chi connectivity index (χ3v) is 6.70. The molecule has 0 bridgehead atoms. The molecule has 1 aliphatic carbocycles. The van der Waals surface area contributed by atoms with Gasteiger partial charge in [-0.05, 0) is 36.6 Å².